The maximum Gasteiger partial charge on any atom is 0.490 e. The molecule has 1 saturated heterocycles. The van der Waals surface area contributed by atoms with Crippen molar-refractivity contribution >= 4 is 11.8 Å². The number of piperidine rings is 1. The number of rotatable bonds is 4. The third kappa shape index (κ3) is 5.32. The highest BCUT2D eigenvalue weighted by Crippen LogP contribution is 2.41. The highest BCUT2D eigenvalue weighted by atomic mass is 19.4. The number of fused-ring (bicyclic) bond motifs is 2. The molecule has 1 saturated carbocycles. The van der Waals surface area contributed by atoms with Gasteiger partial charge in [0.05, 0.1) is 17.7 Å². The van der Waals surface area contributed by atoms with Gasteiger partial charge in [-0.15, -0.1) is 0 Å². The zero-order valence-corrected chi connectivity index (χ0v) is 15.1. The molecule has 6 nitrogen and oxygen atoms in total. The summed E-state index contributed by atoms with van der Waals surface area (Å²) in [6.45, 7) is 6.26. The van der Waals surface area contributed by atoms with Crippen LogP contribution in [0.2, 0.25) is 0 Å². The van der Waals surface area contributed by atoms with E-state index in [2.05, 4.69) is 29.8 Å². The van der Waals surface area contributed by atoms with E-state index in [0.29, 0.717) is 29.5 Å². The van der Waals surface area contributed by atoms with Gasteiger partial charge in [-0.1, -0.05) is 13.8 Å². The molecule has 0 radical (unpaired) electrons. The summed E-state index contributed by atoms with van der Waals surface area (Å²) in [5.74, 6) is -0.561. The van der Waals surface area contributed by atoms with Gasteiger partial charge in [-0.2, -0.15) is 18.4 Å². The number of aliphatic carboxylic acids is 1. The number of nitrogens with zero attached hydrogens (tertiary/aromatic N) is 3. The predicted molar refractivity (Wildman–Crippen MR) is 91.1 cm³/mol. The molecule has 0 spiro atoms. The van der Waals surface area contributed by atoms with Crippen LogP contribution in [-0.4, -0.2) is 47.5 Å². The van der Waals surface area contributed by atoms with Crippen LogP contribution < -0.4 is 4.90 Å². The average molecular weight is 385 g/mol. The Hall–Kier alpha value is -2.34. The molecule has 2 bridgehead atoms. The minimum absolute atomic E-state index is 0.356. The van der Waals surface area contributed by atoms with Gasteiger partial charge in [0.2, 0.25) is 0 Å². The topological polar surface area (TPSA) is 86.5 Å². The van der Waals surface area contributed by atoms with Crippen molar-refractivity contribution in [2.45, 2.75) is 45.0 Å². The molecule has 2 heterocycles. The van der Waals surface area contributed by atoms with Crippen molar-refractivity contribution < 1.29 is 27.8 Å². The zero-order chi connectivity index (χ0) is 20.2. The van der Waals surface area contributed by atoms with Crippen LogP contribution in [0.3, 0.4) is 0 Å². The van der Waals surface area contributed by atoms with E-state index in [-0.39, 0.29) is 0 Å². The Labute approximate surface area is 155 Å². The van der Waals surface area contributed by atoms with Crippen molar-refractivity contribution in [1.82, 2.24) is 4.98 Å². The molecular weight excluding hydrogens is 363 g/mol. The second-order valence-corrected chi connectivity index (χ2v) is 7.07. The molecule has 0 aromatic carbocycles. The quantitative estimate of drug-likeness (QED) is 0.856. The first-order valence-electron chi connectivity index (χ1n) is 8.68. The lowest BCUT2D eigenvalue weighted by Gasteiger charge is -2.28. The number of aromatic nitrogens is 1. The molecule has 3 unspecified atom stereocenters. The van der Waals surface area contributed by atoms with Crippen LogP contribution in [0, 0.1) is 23.2 Å². The number of hydrogen-bond acceptors (Lipinski definition) is 5. The van der Waals surface area contributed by atoms with Crippen LogP contribution >= 0.6 is 0 Å². The summed E-state index contributed by atoms with van der Waals surface area (Å²) in [6.07, 6.45) is -0.615. The second kappa shape index (κ2) is 8.57. The molecule has 1 aromatic rings. The normalized spacial score (nSPS) is 23.7. The zero-order valence-electron chi connectivity index (χ0n) is 15.1. The van der Waals surface area contributed by atoms with E-state index in [1.165, 1.54) is 12.8 Å². The number of nitriles is 1. The van der Waals surface area contributed by atoms with E-state index in [1.807, 2.05) is 12.1 Å². The lowest BCUT2D eigenvalue weighted by atomic mass is 10.1. The van der Waals surface area contributed by atoms with Crippen molar-refractivity contribution in [2.24, 2.45) is 11.8 Å². The lowest BCUT2D eigenvalue weighted by Crippen LogP contribution is -2.36. The highest BCUT2D eigenvalue weighted by molar-refractivity contribution is 5.73. The van der Waals surface area contributed by atoms with Gasteiger partial charge in [0.25, 0.3) is 0 Å². The van der Waals surface area contributed by atoms with Gasteiger partial charge in [0.1, 0.15) is 11.9 Å². The molecule has 3 rings (SSSR count). The van der Waals surface area contributed by atoms with Gasteiger partial charge >= 0.3 is 12.1 Å². The summed E-state index contributed by atoms with van der Waals surface area (Å²) in [7, 11) is 0. The fraction of sp³-hybridized carbons (Fsp3) is 0.611. The fourth-order valence-corrected chi connectivity index (χ4v) is 3.38. The maximum atomic E-state index is 10.6. The van der Waals surface area contributed by atoms with Crippen LogP contribution in [0.1, 0.15) is 32.3 Å². The summed E-state index contributed by atoms with van der Waals surface area (Å²) in [5.41, 5.74) is 0.616. The van der Waals surface area contributed by atoms with Crippen molar-refractivity contribution in [1.29, 1.82) is 5.26 Å². The summed E-state index contributed by atoms with van der Waals surface area (Å²) in [6, 6.07) is 6.37. The van der Waals surface area contributed by atoms with Crippen LogP contribution in [-0.2, 0) is 9.53 Å². The summed E-state index contributed by atoms with van der Waals surface area (Å²) < 4.78 is 37.9. The molecule has 2 aliphatic rings. The molecule has 148 valence electrons. The number of halogens is 3. The first-order valence-corrected chi connectivity index (χ1v) is 8.68. The first kappa shape index (κ1) is 21.0. The Kier molecular flexibility index (Phi) is 6.65. The largest absolute Gasteiger partial charge is 0.490 e. The van der Waals surface area contributed by atoms with Gasteiger partial charge in [-0.3, -0.25) is 0 Å². The monoisotopic (exact) mass is 385 g/mol. The third-order valence-corrected chi connectivity index (χ3v) is 4.54. The Balaban J connectivity index is 0.000000321. The van der Waals surface area contributed by atoms with Gasteiger partial charge < -0.3 is 14.7 Å². The van der Waals surface area contributed by atoms with Gasteiger partial charge in [0, 0.05) is 25.3 Å². The van der Waals surface area contributed by atoms with Gasteiger partial charge in [-0.25, -0.2) is 9.78 Å². The van der Waals surface area contributed by atoms with Crippen molar-refractivity contribution in [2.75, 3.05) is 18.1 Å². The minimum Gasteiger partial charge on any atom is -0.475 e. The molecule has 1 aromatic heterocycles. The number of alkyl halides is 3. The van der Waals surface area contributed by atoms with E-state index in [0.717, 1.165) is 19.0 Å². The first-order chi connectivity index (χ1) is 12.6. The summed E-state index contributed by atoms with van der Waals surface area (Å²) in [5, 5.41) is 16.0. The van der Waals surface area contributed by atoms with Gasteiger partial charge in [0.15, 0.2) is 0 Å². The Bertz CT molecular complexity index is 686. The molecule has 1 aliphatic heterocycles. The molecule has 3 atom stereocenters. The second-order valence-electron chi connectivity index (χ2n) is 7.07. The van der Waals surface area contributed by atoms with E-state index in [9.17, 15) is 13.2 Å². The standard InChI is InChI=1S/C16H21N3O.C2HF3O2/c1-11(2)10-20-16-13-4-5-14(16)19(9-13)15-6-3-12(7-17)8-18-15;3-2(4,5)1(6)7/h3,6,8,11,13-14,16H,4-5,9-10H2,1-2H3;(H,6,7). The third-order valence-electron chi connectivity index (χ3n) is 4.54. The average Bonchev–Trinajstić information content (AvgIpc) is 3.16. The number of carboxylic acids is 1. The minimum atomic E-state index is -5.08. The van der Waals surface area contributed by atoms with Crippen LogP contribution in [0.4, 0.5) is 19.0 Å². The van der Waals surface area contributed by atoms with Crippen molar-refractivity contribution in [3.63, 3.8) is 0 Å². The Morgan fingerprint density at radius 2 is 2.11 bits per heavy atom. The van der Waals surface area contributed by atoms with Crippen LogP contribution in [0.25, 0.3) is 0 Å². The Morgan fingerprint density at radius 3 is 2.59 bits per heavy atom. The molecule has 0 amide bonds. The number of anilines is 1. The molecule has 1 N–H and O–H groups in total. The summed E-state index contributed by atoms with van der Waals surface area (Å²) >= 11 is 0. The Morgan fingerprint density at radius 1 is 1.44 bits per heavy atom. The molecule has 2 fully saturated rings. The molecule has 1 aliphatic carbocycles. The lowest BCUT2D eigenvalue weighted by molar-refractivity contribution is -0.192. The van der Waals surface area contributed by atoms with Crippen LogP contribution in [0.5, 0.6) is 0 Å². The predicted octanol–water partition coefficient (Wildman–Crippen LogP) is 3.23. The number of ether oxygens (including phenoxy) is 1. The fourth-order valence-electron chi connectivity index (χ4n) is 3.38. The molecule has 27 heavy (non-hydrogen) atoms. The van der Waals surface area contributed by atoms with E-state index < -0.39 is 12.1 Å². The van der Waals surface area contributed by atoms with Crippen LogP contribution in [0.15, 0.2) is 18.3 Å². The SMILES string of the molecule is CC(C)COC1C2CCC1N(c1ccc(C#N)cn1)C2.O=C(O)C(F)(F)F. The smallest absolute Gasteiger partial charge is 0.475 e. The summed E-state index contributed by atoms with van der Waals surface area (Å²) in [4.78, 5) is 15.7. The highest BCUT2D eigenvalue weighted by Gasteiger charge is 2.48. The number of hydrogen-bond donors (Lipinski definition) is 1. The molecule has 9 heteroatoms. The maximum absolute atomic E-state index is 10.6. The van der Waals surface area contributed by atoms with E-state index >= 15 is 0 Å². The van der Waals surface area contributed by atoms with Crippen molar-refractivity contribution in [3.05, 3.63) is 23.9 Å². The van der Waals surface area contributed by atoms with Gasteiger partial charge in [-0.05, 0) is 30.9 Å². The number of carboxylic acid groups (broad SMARTS) is 1. The van der Waals surface area contributed by atoms with E-state index in [1.54, 1.807) is 6.20 Å². The van der Waals surface area contributed by atoms with E-state index in [4.69, 9.17) is 19.9 Å². The molecular formula is C18H22F3N3O3. The van der Waals surface area contributed by atoms with Crippen molar-refractivity contribution in [3.8, 4) is 6.07 Å². The number of pyridine rings is 1. The number of carbonyl (C=O) groups is 1.